The summed E-state index contributed by atoms with van der Waals surface area (Å²) in [5.74, 6) is 4.70. The quantitative estimate of drug-likeness (QED) is 0.786. The number of rotatable bonds is 2. The van der Waals surface area contributed by atoms with E-state index in [-0.39, 0.29) is 18.0 Å². The van der Waals surface area contributed by atoms with Crippen molar-refractivity contribution in [2.75, 3.05) is 18.9 Å². The number of likely N-dealkylation sites (N-methyl/N-ethyl adjacent to an activating group) is 1. The highest BCUT2D eigenvalue weighted by Gasteiger charge is 2.42. The van der Waals surface area contributed by atoms with E-state index in [4.69, 9.17) is 0 Å². The van der Waals surface area contributed by atoms with Crippen LogP contribution in [0.2, 0.25) is 0 Å². The number of hydrogen-bond donors (Lipinski definition) is 2. The standard InChI is InChI=1S/C18H16N4O3/c1-22-10-8-18(25,17(22)24)7-5-13-3-2-4-14(11-13)21-16(23)15-6-9-19-12-20-15/h2-4,6,9,11-12,25H,8,10H2,1H3,(H,21,23)/t18-/m0/s1. The zero-order chi connectivity index (χ0) is 17.9. The maximum atomic E-state index is 12.1. The third-order valence-corrected chi connectivity index (χ3v) is 3.86. The molecule has 7 heteroatoms. The predicted molar refractivity (Wildman–Crippen MR) is 90.5 cm³/mol. The van der Waals surface area contributed by atoms with Gasteiger partial charge < -0.3 is 15.3 Å². The van der Waals surface area contributed by atoms with Gasteiger partial charge in [-0.15, -0.1) is 0 Å². The average molecular weight is 336 g/mol. The minimum absolute atomic E-state index is 0.250. The maximum Gasteiger partial charge on any atom is 0.274 e. The molecule has 25 heavy (non-hydrogen) atoms. The number of nitrogens with one attached hydrogen (secondary N) is 1. The normalized spacial score (nSPS) is 19.3. The summed E-state index contributed by atoms with van der Waals surface area (Å²) >= 11 is 0. The summed E-state index contributed by atoms with van der Waals surface area (Å²) in [6, 6.07) is 8.36. The highest BCUT2D eigenvalue weighted by Crippen LogP contribution is 2.21. The fourth-order valence-corrected chi connectivity index (χ4v) is 2.44. The smallest absolute Gasteiger partial charge is 0.274 e. The Bertz CT molecular complexity index is 873. The Morgan fingerprint density at radius 2 is 2.24 bits per heavy atom. The number of nitrogens with zero attached hydrogens (tertiary/aromatic N) is 3. The number of benzene rings is 1. The topological polar surface area (TPSA) is 95.4 Å². The van der Waals surface area contributed by atoms with Gasteiger partial charge in [0.05, 0.1) is 0 Å². The molecule has 126 valence electrons. The van der Waals surface area contributed by atoms with Crippen molar-refractivity contribution in [3.63, 3.8) is 0 Å². The van der Waals surface area contributed by atoms with Crippen molar-refractivity contribution >= 4 is 17.5 Å². The maximum absolute atomic E-state index is 12.1. The predicted octanol–water partition coefficient (Wildman–Crippen LogP) is 0.674. The number of hydrogen-bond acceptors (Lipinski definition) is 5. The van der Waals surface area contributed by atoms with Gasteiger partial charge in [-0.1, -0.05) is 17.9 Å². The Morgan fingerprint density at radius 1 is 1.40 bits per heavy atom. The minimum Gasteiger partial charge on any atom is -0.369 e. The third kappa shape index (κ3) is 3.65. The van der Waals surface area contributed by atoms with Crippen LogP contribution >= 0.6 is 0 Å². The molecule has 1 aliphatic heterocycles. The second-order valence-corrected chi connectivity index (χ2v) is 5.72. The lowest BCUT2D eigenvalue weighted by Crippen LogP contribution is -2.37. The monoisotopic (exact) mass is 336 g/mol. The molecule has 3 rings (SSSR count). The molecule has 0 spiro atoms. The second-order valence-electron chi connectivity index (χ2n) is 5.72. The molecule has 1 fully saturated rings. The summed E-state index contributed by atoms with van der Waals surface area (Å²) in [4.78, 5) is 33.1. The van der Waals surface area contributed by atoms with E-state index in [1.165, 1.54) is 23.5 Å². The summed E-state index contributed by atoms with van der Waals surface area (Å²) in [6.07, 6.45) is 3.06. The number of carbonyl (C=O) groups excluding carboxylic acids is 2. The lowest BCUT2D eigenvalue weighted by atomic mass is 10.0. The second kappa shape index (κ2) is 6.71. The summed E-state index contributed by atoms with van der Waals surface area (Å²) in [5, 5.41) is 13.0. The van der Waals surface area contributed by atoms with Crippen molar-refractivity contribution in [2.24, 2.45) is 0 Å². The van der Waals surface area contributed by atoms with Crippen molar-refractivity contribution < 1.29 is 14.7 Å². The molecule has 1 aromatic carbocycles. The van der Waals surface area contributed by atoms with Crippen LogP contribution in [-0.4, -0.2) is 51.0 Å². The summed E-state index contributed by atoms with van der Waals surface area (Å²) < 4.78 is 0. The molecule has 1 atom stereocenters. The molecule has 2 aromatic rings. The van der Waals surface area contributed by atoms with Crippen molar-refractivity contribution in [3.8, 4) is 11.8 Å². The van der Waals surface area contributed by atoms with Crippen LogP contribution in [0.5, 0.6) is 0 Å². The van der Waals surface area contributed by atoms with Crippen molar-refractivity contribution in [1.82, 2.24) is 14.9 Å². The van der Waals surface area contributed by atoms with Crippen molar-refractivity contribution in [1.29, 1.82) is 0 Å². The zero-order valence-electron chi connectivity index (χ0n) is 13.6. The van der Waals surface area contributed by atoms with E-state index in [1.54, 1.807) is 31.3 Å². The highest BCUT2D eigenvalue weighted by molar-refractivity contribution is 6.02. The van der Waals surface area contributed by atoms with E-state index in [0.717, 1.165) is 0 Å². The molecule has 0 saturated carbocycles. The van der Waals surface area contributed by atoms with E-state index in [1.807, 2.05) is 0 Å². The largest absolute Gasteiger partial charge is 0.369 e. The minimum atomic E-state index is -1.64. The summed E-state index contributed by atoms with van der Waals surface area (Å²) in [5.41, 5.74) is -0.275. The van der Waals surface area contributed by atoms with Crippen LogP contribution in [0.4, 0.5) is 5.69 Å². The highest BCUT2D eigenvalue weighted by atomic mass is 16.3. The molecule has 2 heterocycles. The zero-order valence-corrected chi connectivity index (χ0v) is 13.6. The van der Waals surface area contributed by atoms with E-state index < -0.39 is 11.5 Å². The first-order chi connectivity index (χ1) is 12.0. The van der Waals surface area contributed by atoms with Crippen LogP contribution < -0.4 is 5.32 Å². The first-order valence-corrected chi connectivity index (χ1v) is 7.66. The van der Waals surface area contributed by atoms with Crippen molar-refractivity contribution in [2.45, 2.75) is 12.0 Å². The molecule has 0 aliphatic carbocycles. The Kier molecular flexibility index (Phi) is 4.46. The SMILES string of the molecule is CN1CC[C@@](O)(C#Cc2cccc(NC(=O)c3ccncn3)c2)C1=O. The molecule has 1 saturated heterocycles. The Balaban J connectivity index is 1.76. The molecule has 0 bridgehead atoms. The van der Waals surface area contributed by atoms with Gasteiger partial charge in [-0.3, -0.25) is 9.59 Å². The first kappa shape index (κ1) is 16.6. The summed E-state index contributed by atoms with van der Waals surface area (Å²) in [6.45, 7) is 0.471. The number of aromatic nitrogens is 2. The molecule has 0 radical (unpaired) electrons. The van der Waals surface area contributed by atoms with Gasteiger partial charge in [0, 0.05) is 37.5 Å². The molecular formula is C18H16N4O3. The molecule has 7 nitrogen and oxygen atoms in total. The van der Waals surface area contributed by atoms with Crippen LogP contribution in [0, 0.1) is 11.8 Å². The summed E-state index contributed by atoms with van der Waals surface area (Å²) in [7, 11) is 1.63. The van der Waals surface area contributed by atoms with Gasteiger partial charge in [0.25, 0.3) is 11.8 Å². The van der Waals surface area contributed by atoms with Gasteiger partial charge in [0.2, 0.25) is 5.60 Å². The lowest BCUT2D eigenvalue weighted by molar-refractivity contribution is -0.137. The van der Waals surface area contributed by atoms with Crippen LogP contribution in [0.1, 0.15) is 22.5 Å². The van der Waals surface area contributed by atoms with E-state index in [0.29, 0.717) is 17.8 Å². The number of amides is 2. The fourth-order valence-electron chi connectivity index (χ4n) is 2.44. The van der Waals surface area contributed by atoms with Gasteiger partial charge >= 0.3 is 0 Å². The third-order valence-electron chi connectivity index (χ3n) is 3.86. The number of aliphatic hydroxyl groups is 1. The van der Waals surface area contributed by atoms with Gasteiger partial charge in [-0.25, -0.2) is 9.97 Å². The van der Waals surface area contributed by atoms with E-state index >= 15 is 0 Å². The number of anilines is 1. The van der Waals surface area contributed by atoms with Gasteiger partial charge in [0.15, 0.2) is 0 Å². The van der Waals surface area contributed by atoms with E-state index in [9.17, 15) is 14.7 Å². The van der Waals surface area contributed by atoms with Gasteiger partial charge in [-0.05, 0) is 24.3 Å². The number of carbonyl (C=O) groups is 2. The van der Waals surface area contributed by atoms with E-state index in [2.05, 4.69) is 27.1 Å². The van der Waals surface area contributed by atoms with Crippen LogP contribution in [0.3, 0.4) is 0 Å². The van der Waals surface area contributed by atoms with Crippen LogP contribution in [0.25, 0.3) is 0 Å². The Labute approximate surface area is 144 Å². The fraction of sp³-hybridized carbons (Fsp3) is 0.222. The molecule has 1 aliphatic rings. The molecular weight excluding hydrogens is 320 g/mol. The van der Waals surface area contributed by atoms with Crippen molar-refractivity contribution in [3.05, 3.63) is 54.1 Å². The van der Waals surface area contributed by atoms with Gasteiger partial charge in [0.1, 0.15) is 12.0 Å². The molecule has 2 N–H and O–H groups in total. The Morgan fingerprint density at radius 3 is 2.92 bits per heavy atom. The van der Waals surface area contributed by atoms with Crippen LogP contribution in [-0.2, 0) is 4.79 Å². The van der Waals surface area contributed by atoms with Crippen LogP contribution in [0.15, 0.2) is 42.9 Å². The number of likely N-dealkylation sites (tertiary alicyclic amines) is 1. The lowest BCUT2D eigenvalue weighted by Gasteiger charge is -2.13. The van der Waals surface area contributed by atoms with Gasteiger partial charge in [-0.2, -0.15) is 0 Å². The molecule has 0 unspecified atom stereocenters. The molecule has 1 aromatic heterocycles. The Hall–Kier alpha value is -3.24. The first-order valence-electron chi connectivity index (χ1n) is 7.66. The molecule has 2 amide bonds. The average Bonchev–Trinajstić information content (AvgIpc) is 2.89.